The van der Waals surface area contributed by atoms with Gasteiger partial charge in [0.15, 0.2) is 12.4 Å². The number of carbonyl (C=O) groups excluding carboxylic acids is 3. The van der Waals surface area contributed by atoms with Crippen molar-refractivity contribution in [3.8, 4) is 0 Å². The molecule has 0 spiro atoms. The molecule has 0 aromatic heterocycles. The molecule has 0 radical (unpaired) electrons. The van der Waals surface area contributed by atoms with Crippen molar-refractivity contribution in [3.63, 3.8) is 0 Å². The molecule has 97 heavy (non-hydrogen) atoms. The number of rotatable bonds is 75. The second-order valence-electron chi connectivity index (χ2n) is 28.3. The monoisotopic (exact) mass is 1350 g/mol. The van der Waals surface area contributed by atoms with Crippen LogP contribution in [0.4, 0.5) is 0 Å². The Balaban J connectivity index is 4.06. The zero-order chi connectivity index (χ0) is 70.4. The first-order valence-corrected chi connectivity index (χ1v) is 40.7. The van der Waals surface area contributed by atoms with E-state index in [2.05, 4.69) is 135 Å². The van der Waals surface area contributed by atoms with Gasteiger partial charge in [0.1, 0.15) is 13.2 Å². The number of aliphatic carboxylic acids is 1. The Morgan fingerprint density at radius 1 is 0.320 bits per heavy atom. The summed E-state index contributed by atoms with van der Waals surface area (Å²) in [4.78, 5) is 37.6. The van der Waals surface area contributed by atoms with Crippen molar-refractivity contribution in [1.82, 2.24) is 0 Å². The van der Waals surface area contributed by atoms with Gasteiger partial charge in [-0.1, -0.05) is 360 Å². The van der Waals surface area contributed by atoms with E-state index in [1.54, 1.807) is 0 Å². The van der Waals surface area contributed by atoms with Crippen molar-refractivity contribution in [3.05, 3.63) is 122 Å². The number of carboxylic acids is 1. The number of unbranched alkanes of at least 4 members (excludes halogenated alkanes) is 40. The van der Waals surface area contributed by atoms with Crippen molar-refractivity contribution >= 4 is 17.9 Å². The van der Waals surface area contributed by atoms with Gasteiger partial charge in [-0.2, -0.15) is 0 Å². The molecular weight excluding hydrogens is 1200 g/mol. The summed E-state index contributed by atoms with van der Waals surface area (Å²) in [6.07, 6.45) is 108. The van der Waals surface area contributed by atoms with Crippen molar-refractivity contribution in [2.75, 3.05) is 47.5 Å². The predicted molar refractivity (Wildman–Crippen MR) is 417 cm³/mol. The lowest BCUT2D eigenvalue weighted by Gasteiger charge is -2.26. The largest absolute Gasteiger partial charge is 0.545 e. The lowest BCUT2D eigenvalue weighted by atomic mass is 10.0. The highest BCUT2D eigenvalue weighted by molar-refractivity contribution is 5.70. The number of likely N-dealkylation sites (N-methyl/N-ethyl adjacent to an activating group) is 1. The van der Waals surface area contributed by atoms with Crippen LogP contribution in [-0.2, 0) is 33.3 Å². The van der Waals surface area contributed by atoms with E-state index in [1.165, 1.54) is 225 Å². The Labute approximate surface area is 599 Å². The van der Waals surface area contributed by atoms with Gasteiger partial charge in [-0.15, -0.1) is 0 Å². The number of ether oxygens (including phenoxy) is 4. The topological polar surface area (TPSA) is 111 Å². The summed E-state index contributed by atoms with van der Waals surface area (Å²) in [5.74, 6) is -2.29. The van der Waals surface area contributed by atoms with E-state index in [4.69, 9.17) is 18.9 Å². The Hall–Kier alpha value is -4.31. The van der Waals surface area contributed by atoms with Gasteiger partial charge in [0.05, 0.1) is 40.3 Å². The van der Waals surface area contributed by atoms with Gasteiger partial charge in [-0.25, -0.2) is 0 Å². The fraction of sp³-hybridized carbons (Fsp3) is 0.739. The first kappa shape index (κ1) is 92.7. The van der Waals surface area contributed by atoms with E-state index in [0.717, 1.165) is 103 Å². The fourth-order valence-electron chi connectivity index (χ4n) is 11.5. The SMILES string of the molecule is CC/C=C\C/C=C\C/C=C\C/C=C\C/C=C\C/C=C\C/C=C\C/C=C\C/C=C\CCCCCCCCCC(=O)OC(COC(=O)CCCCCCCCCCCCCCCCCCCCCCCCCCC/C=C\CCCCCCCCCC)COC(OCC[N+](C)(C)C)C(=O)[O-]. The van der Waals surface area contributed by atoms with Crippen molar-refractivity contribution in [2.45, 2.75) is 373 Å². The van der Waals surface area contributed by atoms with Crippen LogP contribution in [0.3, 0.4) is 0 Å². The summed E-state index contributed by atoms with van der Waals surface area (Å²) in [6.45, 7) is 4.65. The first-order chi connectivity index (χ1) is 47.6. The average Bonchev–Trinajstić information content (AvgIpc) is 3.74. The molecule has 9 heteroatoms. The fourth-order valence-corrected chi connectivity index (χ4v) is 11.5. The van der Waals surface area contributed by atoms with E-state index in [0.29, 0.717) is 17.4 Å². The number of esters is 2. The Bertz CT molecular complexity index is 2020. The van der Waals surface area contributed by atoms with Gasteiger partial charge in [-0.3, -0.25) is 9.59 Å². The lowest BCUT2D eigenvalue weighted by molar-refractivity contribution is -0.870. The summed E-state index contributed by atoms with van der Waals surface area (Å²) < 4.78 is 22.9. The van der Waals surface area contributed by atoms with E-state index >= 15 is 0 Å². The van der Waals surface area contributed by atoms with E-state index in [-0.39, 0.29) is 38.6 Å². The van der Waals surface area contributed by atoms with Gasteiger partial charge in [0, 0.05) is 12.8 Å². The summed E-state index contributed by atoms with van der Waals surface area (Å²) in [5.41, 5.74) is 0. The normalized spacial score (nSPS) is 13.3. The van der Waals surface area contributed by atoms with Gasteiger partial charge in [0.25, 0.3) is 0 Å². The van der Waals surface area contributed by atoms with Crippen LogP contribution in [-0.4, -0.2) is 82.3 Å². The Morgan fingerprint density at radius 2 is 0.588 bits per heavy atom. The highest BCUT2D eigenvalue weighted by Crippen LogP contribution is 2.19. The van der Waals surface area contributed by atoms with E-state index < -0.39 is 24.3 Å². The Kier molecular flexibility index (Phi) is 74.0. The van der Waals surface area contributed by atoms with Gasteiger partial charge < -0.3 is 33.3 Å². The number of hydrogen-bond donors (Lipinski definition) is 0. The minimum Gasteiger partial charge on any atom is -0.545 e. The van der Waals surface area contributed by atoms with Crippen molar-refractivity contribution in [2.24, 2.45) is 0 Å². The molecule has 0 heterocycles. The second-order valence-corrected chi connectivity index (χ2v) is 28.3. The minimum atomic E-state index is -1.63. The van der Waals surface area contributed by atoms with Crippen LogP contribution < -0.4 is 5.11 Å². The molecule has 0 saturated heterocycles. The summed E-state index contributed by atoms with van der Waals surface area (Å²) >= 11 is 0. The molecule has 0 aliphatic heterocycles. The molecule has 2 atom stereocenters. The maximum absolute atomic E-state index is 13.0. The molecular formula is C88H153NO8. The minimum absolute atomic E-state index is 0.141. The van der Waals surface area contributed by atoms with Crippen LogP contribution in [0.15, 0.2) is 122 Å². The summed E-state index contributed by atoms with van der Waals surface area (Å²) in [5, 5.41) is 11.9. The van der Waals surface area contributed by atoms with Gasteiger partial charge in [0.2, 0.25) is 0 Å². The number of hydrogen-bond acceptors (Lipinski definition) is 8. The maximum atomic E-state index is 13.0. The van der Waals surface area contributed by atoms with Crippen molar-refractivity contribution < 1.29 is 42.9 Å². The van der Waals surface area contributed by atoms with Crippen LogP contribution >= 0.6 is 0 Å². The van der Waals surface area contributed by atoms with E-state index in [1.807, 2.05) is 21.1 Å². The quantitative estimate of drug-likeness (QED) is 0.0195. The van der Waals surface area contributed by atoms with Crippen LogP contribution in [0.25, 0.3) is 0 Å². The highest BCUT2D eigenvalue weighted by atomic mass is 16.7. The number of carbonyl (C=O) groups is 3. The standard InChI is InChI=1S/C88H153NO8/c1-6-8-10-12-14-16-18-20-22-24-26-28-30-32-34-36-38-40-42-43-45-46-48-50-52-54-56-58-60-62-64-66-68-70-72-74-76-78-85(90)95-82-84(83-96-88(87(92)93)94-81-80-89(3,4)5)97-86(91)79-77-75-73-71-69-67-65-63-61-59-57-55-53-51-49-47-44-41-39-37-35-33-31-29-27-25-23-21-19-17-15-13-11-9-7-2/h9,11,15,17,21,23-24,26-27,29,33,35,39,41,47,49,53,55,59,61,84,88H,6-8,10,12-14,16,18-20,22,25,28,30-32,34,36-38,40,42-46,48,50-52,54,56-58,60,62-83H2,1-5H3/b11-9-,17-15-,23-21-,26-24-,29-27-,35-33-,41-39-,49-47-,55-53-,61-59-. The molecule has 558 valence electrons. The first-order valence-electron chi connectivity index (χ1n) is 40.7. The highest BCUT2D eigenvalue weighted by Gasteiger charge is 2.22. The number of nitrogens with zero attached hydrogens (tertiary/aromatic N) is 1. The molecule has 0 aromatic rings. The van der Waals surface area contributed by atoms with Crippen LogP contribution in [0, 0.1) is 0 Å². The molecule has 0 aliphatic carbocycles. The molecule has 0 fully saturated rings. The third-order valence-corrected chi connectivity index (χ3v) is 17.7. The van der Waals surface area contributed by atoms with Gasteiger partial charge >= 0.3 is 11.9 Å². The third-order valence-electron chi connectivity index (χ3n) is 17.7. The van der Waals surface area contributed by atoms with Crippen LogP contribution in [0.2, 0.25) is 0 Å². The summed E-state index contributed by atoms with van der Waals surface area (Å²) in [6, 6.07) is 0. The molecule has 0 N–H and O–H groups in total. The lowest BCUT2D eigenvalue weighted by Crippen LogP contribution is -2.44. The third kappa shape index (κ3) is 78.9. The Morgan fingerprint density at radius 3 is 0.887 bits per heavy atom. The molecule has 9 nitrogen and oxygen atoms in total. The number of allylic oxidation sites excluding steroid dienone is 20. The molecule has 2 unspecified atom stereocenters. The second kappa shape index (κ2) is 77.4. The van der Waals surface area contributed by atoms with Crippen LogP contribution in [0.1, 0.15) is 361 Å². The predicted octanol–water partition coefficient (Wildman–Crippen LogP) is 24.9. The zero-order valence-electron chi connectivity index (χ0n) is 63.9. The molecule has 0 saturated carbocycles. The molecule has 0 aromatic carbocycles. The molecule has 0 amide bonds. The smallest absolute Gasteiger partial charge is 0.306 e. The molecule has 0 bridgehead atoms. The summed E-state index contributed by atoms with van der Waals surface area (Å²) in [7, 11) is 5.93. The zero-order valence-corrected chi connectivity index (χ0v) is 63.9. The average molecular weight is 1350 g/mol. The van der Waals surface area contributed by atoms with Crippen molar-refractivity contribution in [1.29, 1.82) is 0 Å². The van der Waals surface area contributed by atoms with E-state index in [9.17, 15) is 19.5 Å². The number of carboxylic acid groups (broad SMARTS) is 1. The number of quaternary nitrogens is 1. The maximum Gasteiger partial charge on any atom is 0.306 e. The van der Waals surface area contributed by atoms with Crippen LogP contribution in [0.5, 0.6) is 0 Å². The molecule has 0 aliphatic rings. The van der Waals surface area contributed by atoms with Gasteiger partial charge in [-0.05, 0) is 109 Å². The molecule has 0 rings (SSSR count).